The Kier molecular flexibility index (Phi) is 7.99. The average Bonchev–Trinajstić information content (AvgIpc) is 3.87. The Morgan fingerprint density at radius 3 is 1.44 bits per heavy atom. The highest BCUT2D eigenvalue weighted by molar-refractivity contribution is 5.97. The zero-order valence-corrected chi connectivity index (χ0v) is 33.1. The van der Waals surface area contributed by atoms with Crippen LogP contribution in [0, 0.1) is 35.5 Å². The monoisotopic (exact) mass is 736 g/mol. The minimum Gasteiger partial charge on any atom is -0.458 e. The third kappa shape index (κ3) is 5.60. The number of hydrogen-bond donors (Lipinski definition) is 2. The Labute approximate surface area is 319 Å². The van der Waals surface area contributed by atoms with Gasteiger partial charge < -0.3 is 24.8 Å². The van der Waals surface area contributed by atoms with E-state index in [0.717, 1.165) is 60.8 Å². The number of carbonyl (C=O) groups excluding carboxylic acids is 4. The third-order valence-corrected chi connectivity index (χ3v) is 14.7. The van der Waals surface area contributed by atoms with E-state index in [4.69, 9.17) is 14.2 Å². The fraction of sp³-hybridized carbons (Fsp3) is 0.644. The van der Waals surface area contributed by atoms with Gasteiger partial charge in [0.2, 0.25) is 11.8 Å². The maximum Gasteiger partial charge on any atom is 0.342 e. The fourth-order valence-electron chi connectivity index (χ4n) is 11.7. The molecule has 54 heavy (non-hydrogen) atoms. The van der Waals surface area contributed by atoms with Crippen molar-refractivity contribution in [3.05, 3.63) is 57.6 Å². The lowest BCUT2D eigenvalue weighted by Crippen LogP contribution is -2.51. The number of amides is 2. The highest BCUT2D eigenvalue weighted by Crippen LogP contribution is 2.56. The molecule has 7 aliphatic rings. The number of piperidine rings is 2. The van der Waals surface area contributed by atoms with Gasteiger partial charge in [-0.25, -0.2) is 9.59 Å². The minimum atomic E-state index is -0.630. The predicted octanol–water partition coefficient (Wildman–Crippen LogP) is 7.63. The van der Waals surface area contributed by atoms with E-state index in [1.807, 2.05) is 12.1 Å². The smallest absolute Gasteiger partial charge is 0.342 e. The lowest BCUT2D eigenvalue weighted by Gasteiger charge is -2.40. The highest BCUT2D eigenvalue weighted by Gasteiger charge is 2.57. The quantitative estimate of drug-likeness (QED) is 0.310. The van der Waals surface area contributed by atoms with Crippen LogP contribution in [0.25, 0.3) is 0 Å². The van der Waals surface area contributed by atoms with Crippen molar-refractivity contribution in [2.45, 2.75) is 147 Å². The van der Waals surface area contributed by atoms with Crippen molar-refractivity contribution in [3.8, 4) is 11.5 Å². The lowest BCUT2D eigenvalue weighted by molar-refractivity contribution is -0.126. The molecular formula is C45H56N2O7. The number of benzene rings is 2. The van der Waals surface area contributed by atoms with Crippen LogP contribution in [0.1, 0.15) is 150 Å². The Hall–Kier alpha value is -3.88. The number of nitrogens with one attached hydrogen (secondary N) is 2. The van der Waals surface area contributed by atoms with Crippen LogP contribution in [-0.2, 0) is 35.3 Å². The van der Waals surface area contributed by atoms with Gasteiger partial charge in [-0.2, -0.15) is 0 Å². The molecule has 288 valence electrons. The van der Waals surface area contributed by atoms with Crippen LogP contribution in [0.15, 0.2) is 24.3 Å². The van der Waals surface area contributed by atoms with Gasteiger partial charge in [-0.1, -0.05) is 67.5 Å². The number of ether oxygens (including phenoxy) is 3. The molecule has 9 heteroatoms. The van der Waals surface area contributed by atoms with Crippen LogP contribution in [0.3, 0.4) is 0 Å². The summed E-state index contributed by atoms with van der Waals surface area (Å²) < 4.78 is 19.8. The molecule has 0 spiro atoms. The number of esters is 2. The van der Waals surface area contributed by atoms with Crippen LogP contribution in [-0.4, -0.2) is 48.0 Å². The Balaban J connectivity index is 1.07. The first-order valence-electron chi connectivity index (χ1n) is 20.4. The molecule has 6 fully saturated rings. The number of rotatable bonds is 4. The largest absolute Gasteiger partial charge is 0.458 e. The molecule has 10 atom stereocenters. The van der Waals surface area contributed by atoms with Crippen LogP contribution in [0.5, 0.6) is 11.5 Å². The Morgan fingerprint density at radius 2 is 1.06 bits per heavy atom. The van der Waals surface area contributed by atoms with E-state index < -0.39 is 17.4 Å². The second kappa shape index (κ2) is 12.1. The van der Waals surface area contributed by atoms with Crippen molar-refractivity contribution in [2.24, 2.45) is 35.5 Å². The van der Waals surface area contributed by atoms with Crippen LogP contribution in [0.2, 0.25) is 0 Å². The van der Waals surface area contributed by atoms with E-state index in [0.29, 0.717) is 59.1 Å². The van der Waals surface area contributed by atoms with Gasteiger partial charge in [-0.05, 0) is 96.3 Å². The summed E-state index contributed by atoms with van der Waals surface area (Å²) in [7, 11) is 0. The number of fused-ring (bicyclic) bond motifs is 12. The van der Waals surface area contributed by atoms with E-state index in [1.165, 1.54) is 0 Å². The summed E-state index contributed by atoms with van der Waals surface area (Å²) in [4.78, 5) is 53.4. The normalized spacial score (nSPS) is 34.1. The summed E-state index contributed by atoms with van der Waals surface area (Å²) in [6.45, 7) is 17.2. The molecule has 9 rings (SSSR count). The average molecular weight is 737 g/mol. The van der Waals surface area contributed by atoms with Crippen molar-refractivity contribution in [2.75, 3.05) is 0 Å². The van der Waals surface area contributed by atoms with Crippen molar-refractivity contribution in [1.82, 2.24) is 10.6 Å². The topological polar surface area (TPSA) is 120 Å². The molecule has 0 unspecified atom stereocenters. The van der Waals surface area contributed by atoms with Gasteiger partial charge in [0, 0.05) is 53.3 Å². The number of hydrogen-bond acceptors (Lipinski definition) is 7. The van der Waals surface area contributed by atoms with E-state index in [9.17, 15) is 19.2 Å². The van der Waals surface area contributed by atoms with Gasteiger partial charge in [0.05, 0.1) is 0 Å². The van der Waals surface area contributed by atoms with Crippen molar-refractivity contribution in [3.63, 3.8) is 0 Å². The molecule has 3 aliphatic heterocycles. The molecule has 2 amide bonds. The minimum absolute atomic E-state index is 0.129. The van der Waals surface area contributed by atoms with E-state index in [-0.39, 0.29) is 58.8 Å². The molecule has 2 aromatic rings. The summed E-state index contributed by atoms with van der Waals surface area (Å²) in [6, 6.07) is 8.55. The van der Waals surface area contributed by atoms with Crippen LogP contribution in [0.4, 0.5) is 0 Å². The van der Waals surface area contributed by atoms with Crippen molar-refractivity contribution in [1.29, 1.82) is 0 Å². The first kappa shape index (κ1) is 35.8. The van der Waals surface area contributed by atoms with Crippen molar-refractivity contribution >= 4 is 23.8 Å². The molecule has 2 saturated heterocycles. The summed E-state index contributed by atoms with van der Waals surface area (Å²) in [5.74, 6) is 2.09. The SMILES string of the molecule is CC(C)(C)c1cc(C(=O)O[C@@H]2C[C@H]3C[C@@H]2[C@@H]2CCC(=O)N[C@H]32)c2c(c1)C(C)(C)c1cc(C(C)(C)C)cc(C(=O)O[C@@H]3C[C@H]4C[C@@H]3[C@@H]3CCC(=O)N[C@H]43)c1O2. The molecule has 4 bridgehead atoms. The Morgan fingerprint density at radius 1 is 0.648 bits per heavy atom. The van der Waals surface area contributed by atoms with Gasteiger partial charge in [0.1, 0.15) is 34.8 Å². The molecule has 0 radical (unpaired) electrons. The second-order valence-electron chi connectivity index (χ2n) is 20.3. The maximum absolute atomic E-state index is 14.5. The summed E-state index contributed by atoms with van der Waals surface area (Å²) in [5, 5.41) is 6.44. The second-order valence-corrected chi connectivity index (χ2v) is 20.3. The van der Waals surface area contributed by atoms with Crippen LogP contribution < -0.4 is 15.4 Å². The van der Waals surface area contributed by atoms with Gasteiger partial charge in [-0.3, -0.25) is 9.59 Å². The third-order valence-electron chi connectivity index (χ3n) is 14.7. The zero-order chi connectivity index (χ0) is 38.2. The molecular weight excluding hydrogens is 681 g/mol. The molecule has 3 heterocycles. The summed E-state index contributed by atoms with van der Waals surface area (Å²) >= 11 is 0. The predicted molar refractivity (Wildman–Crippen MR) is 203 cm³/mol. The molecule has 9 nitrogen and oxygen atoms in total. The van der Waals surface area contributed by atoms with Gasteiger partial charge in [0.25, 0.3) is 0 Å². The summed E-state index contributed by atoms with van der Waals surface area (Å²) in [6.07, 6.45) is 5.72. The van der Waals surface area contributed by atoms with E-state index in [2.05, 4.69) is 78.2 Å². The molecule has 4 saturated carbocycles. The standard InChI is InChI=1S/C45H56N2O7/c1-43(2,3)23-17-29(41(50)52-33-15-21-13-27(33)25-9-11-35(48)46-37(21)25)39-31(19-23)45(7,8)32-20-24(44(4,5)6)18-30(40(32)54-39)42(51)53-34-16-22-14-28(34)26-10-12-36(49)47-38(22)26/h17-22,25-28,33-34,37-38H,9-16H2,1-8H3,(H,46,48)(H,47,49)/t21-,22-,25+,26+,27-,28-,33-,34-,37-,38-/m1/s1. The van der Waals surface area contributed by atoms with Gasteiger partial charge in [-0.15, -0.1) is 0 Å². The summed E-state index contributed by atoms with van der Waals surface area (Å²) in [5.41, 5.74) is 3.41. The van der Waals surface area contributed by atoms with Gasteiger partial charge in [0.15, 0.2) is 0 Å². The highest BCUT2D eigenvalue weighted by atomic mass is 16.6. The molecule has 0 aromatic heterocycles. The van der Waals surface area contributed by atoms with E-state index in [1.54, 1.807) is 0 Å². The molecule has 2 aromatic carbocycles. The van der Waals surface area contributed by atoms with E-state index >= 15 is 0 Å². The van der Waals surface area contributed by atoms with Crippen LogP contribution >= 0.6 is 0 Å². The molecule has 4 aliphatic carbocycles. The first-order valence-corrected chi connectivity index (χ1v) is 20.4. The van der Waals surface area contributed by atoms with Gasteiger partial charge >= 0.3 is 11.9 Å². The Bertz CT molecular complexity index is 1830. The maximum atomic E-state index is 14.5. The lowest BCUT2D eigenvalue weighted by atomic mass is 9.70. The molecule has 2 N–H and O–H groups in total. The number of carbonyl (C=O) groups is 4. The van der Waals surface area contributed by atoms with Crippen molar-refractivity contribution < 1.29 is 33.4 Å². The fourth-order valence-corrected chi connectivity index (χ4v) is 11.7. The zero-order valence-electron chi connectivity index (χ0n) is 33.1. The first-order chi connectivity index (χ1) is 25.4.